The highest BCUT2D eigenvalue weighted by Crippen LogP contribution is 2.08. The number of anilines is 1. The first kappa shape index (κ1) is 11.4. The van der Waals surface area contributed by atoms with E-state index in [1.165, 1.54) is 5.56 Å². The van der Waals surface area contributed by atoms with Gasteiger partial charge in [0.1, 0.15) is 0 Å². The summed E-state index contributed by atoms with van der Waals surface area (Å²) in [6.45, 7) is 5.35. The maximum atomic E-state index is 5.61. The van der Waals surface area contributed by atoms with Gasteiger partial charge in [0.05, 0.1) is 12.7 Å². The Morgan fingerprint density at radius 2 is 2.56 bits per heavy atom. The van der Waals surface area contributed by atoms with E-state index in [2.05, 4.69) is 20.7 Å². The van der Waals surface area contributed by atoms with Gasteiger partial charge in [0.25, 0.3) is 0 Å². The minimum Gasteiger partial charge on any atom is -0.374 e. The highest BCUT2D eigenvalue weighted by atomic mass is 16.5. The summed E-state index contributed by atoms with van der Waals surface area (Å²) in [5, 5.41) is 10.9. The van der Waals surface area contributed by atoms with E-state index in [1.807, 2.05) is 25.3 Å². The predicted octanol–water partition coefficient (Wildman–Crippen LogP) is 0.438. The molecule has 1 saturated heterocycles. The third kappa shape index (κ3) is 2.44. The fourth-order valence-electron chi connectivity index (χ4n) is 2.01. The second-order valence-electron chi connectivity index (χ2n) is 4.52. The summed E-state index contributed by atoms with van der Waals surface area (Å²) in [5.41, 5.74) is 2.04. The van der Waals surface area contributed by atoms with Gasteiger partial charge in [0.2, 0.25) is 5.95 Å². The van der Waals surface area contributed by atoms with Crippen LogP contribution in [-0.2, 0) is 4.74 Å². The van der Waals surface area contributed by atoms with E-state index in [0.29, 0.717) is 5.95 Å². The number of hydrogen-bond donors (Lipinski definition) is 2. The van der Waals surface area contributed by atoms with Crippen molar-refractivity contribution < 1.29 is 4.74 Å². The summed E-state index contributed by atoms with van der Waals surface area (Å²) in [7, 11) is 0. The van der Waals surface area contributed by atoms with Crippen LogP contribution in [-0.4, -0.2) is 46.9 Å². The van der Waals surface area contributed by atoms with Crippen LogP contribution in [0, 0.1) is 6.92 Å². The Kier molecular flexibility index (Phi) is 3.12. The van der Waals surface area contributed by atoms with Crippen molar-refractivity contribution >= 4 is 11.6 Å². The molecule has 2 aromatic heterocycles. The first-order valence-electron chi connectivity index (χ1n) is 6.20. The van der Waals surface area contributed by atoms with Gasteiger partial charge in [0.15, 0.2) is 5.65 Å². The van der Waals surface area contributed by atoms with Crippen molar-refractivity contribution in [3.63, 3.8) is 0 Å². The van der Waals surface area contributed by atoms with Crippen LogP contribution < -0.4 is 10.6 Å². The van der Waals surface area contributed by atoms with E-state index in [1.54, 1.807) is 4.52 Å². The van der Waals surface area contributed by atoms with Crippen LogP contribution >= 0.6 is 0 Å². The molecular formula is C12H17N5O. The summed E-state index contributed by atoms with van der Waals surface area (Å²) in [6, 6.07) is 4.02. The van der Waals surface area contributed by atoms with Crippen molar-refractivity contribution in [1.82, 2.24) is 19.9 Å². The van der Waals surface area contributed by atoms with Gasteiger partial charge in [-0.3, -0.25) is 0 Å². The fraction of sp³-hybridized carbons (Fsp3) is 0.500. The van der Waals surface area contributed by atoms with Crippen LogP contribution in [0.4, 0.5) is 5.95 Å². The maximum absolute atomic E-state index is 5.61. The molecule has 0 aliphatic carbocycles. The summed E-state index contributed by atoms with van der Waals surface area (Å²) in [4.78, 5) is 4.42. The zero-order valence-electron chi connectivity index (χ0n) is 10.4. The molecule has 2 aromatic rings. The van der Waals surface area contributed by atoms with Gasteiger partial charge in [-0.1, -0.05) is 0 Å². The van der Waals surface area contributed by atoms with Crippen molar-refractivity contribution in [1.29, 1.82) is 0 Å². The van der Waals surface area contributed by atoms with Crippen LogP contribution in [0.3, 0.4) is 0 Å². The topological polar surface area (TPSA) is 63.5 Å². The van der Waals surface area contributed by atoms with Crippen molar-refractivity contribution in [2.75, 3.05) is 31.6 Å². The van der Waals surface area contributed by atoms with E-state index in [4.69, 9.17) is 4.74 Å². The Morgan fingerprint density at radius 1 is 1.61 bits per heavy atom. The molecule has 3 rings (SSSR count). The number of hydrogen-bond acceptors (Lipinski definition) is 5. The van der Waals surface area contributed by atoms with Gasteiger partial charge in [-0.05, 0) is 24.6 Å². The molecule has 0 spiro atoms. The number of morpholine rings is 1. The molecule has 6 nitrogen and oxygen atoms in total. The highest BCUT2D eigenvalue weighted by molar-refractivity contribution is 5.45. The number of aryl methyl sites for hydroxylation is 1. The molecule has 96 valence electrons. The molecule has 1 unspecified atom stereocenters. The smallest absolute Gasteiger partial charge is 0.243 e. The monoisotopic (exact) mass is 247 g/mol. The molecule has 1 aliphatic heterocycles. The highest BCUT2D eigenvalue weighted by Gasteiger charge is 2.13. The number of rotatable bonds is 3. The zero-order chi connectivity index (χ0) is 12.4. The standard InChI is InChI=1S/C12H17N5O/c1-9-2-4-17-11(6-9)15-12(16-17)14-8-10-7-13-3-5-18-10/h2,4,6,10,13H,3,5,7-8H2,1H3,(H,14,16). The number of aromatic nitrogens is 3. The predicted molar refractivity (Wildman–Crippen MR) is 68.8 cm³/mol. The minimum atomic E-state index is 0.187. The lowest BCUT2D eigenvalue weighted by Crippen LogP contribution is -2.42. The maximum Gasteiger partial charge on any atom is 0.243 e. The van der Waals surface area contributed by atoms with Crippen LogP contribution in [0.25, 0.3) is 5.65 Å². The Morgan fingerprint density at radius 3 is 3.39 bits per heavy atom. The fourth-order valence-corrected chi connectivity index (χ4v) is 2.01. The van der Waals surface area contributed by atoms with Crippen molar-refractivity contribution in [3.05, 3.63) is 23.9 Å². The third-order valence-electron chi connectivity index (χ3n) is 2.99. The molecule has 2 N–H and O–H groups in total. The number of ether oxygens (including phenoxy) is 1. The average Bonchev–Trinajstić information content (AvgIpc) is 2.79. The van der Waals surface area contributed by atoms with Gasteiger partial charge < -0.3 is 15.4 Å². The van der Waals surface area contributed by atoms with Crippen LogP contribution in [0.1, 0.15) is 5.56 Å². The van der Waals surface area contributed by atoms with Gasteiger partial charge in [-0.25, -0.2) is 4.52 Å². The molecule has 0 saturated carbocycles. The number of nitrogens with zero attached hydrogens (tertiary/aromatic N) is 3. The number of pyridine rings is 1. The van der Waals surface area contributed by atoms with E-state index < -0.39 is 0 Å². The lowest BCUT2D eigenvalue weighted by molar-refractivity contribution is 0.0371. The summed E-state index contributed by atoms with van der Waals surface area (Å²) < 4.78 is 7.38. The lowest BCUT2D eigenvalue weighted by atomic mass is 10.3. The molecule has 0 amide bonds. The first-order valence-corrected chi connectivity index (χ1v) is 6.20. The molecule has 1 atom stereocenters. The second kappa shape index (κ2) is 4.91. The molecule has 6 heteroatoms. The van der Waals surface area contributed by atoms with Gasteiger partial charge in [-0.2, -0.15) is 4.98 Å². The SMILES string of the molecule is Cc1ccn2nc(NCC3CNCCO3)nc2c1. The normalized spacial score (nSPS) is 20.2. The van der Waals surface area contributed by atoms with Crippen molar-refractivity contribution in [2.45, 2.75) is 13.0 Å². The van der Waals surface area contributed by atoms with E-state index in [9.17, 15) is 0 Å². The van der Waals surface area contributed by atoms with E-state index in [-0.39, 0.29) is 6.10 Å². The minimum absolute atomic E-state index is 0.187. The summed E-state index contributed by atoms with van der Waals surface area (Å²) in [5.74, 6) is 0.648. The quantitative estimate of drug-likeness (QED) is 0.824. The molecule has 0 radical (unpaired) electrons. The molecule has 1 fully saturated rings. The third-order valence-corrected chi connectivity index (χ3v) is 2.99. The Balaban J connectivity index is 1.67. The van der Waals surface area contributed by atoms with Crippen LogP contribution in [0.5, 0.6) is 0 Å². The van der Waals surface area contributed by atoms with E-state index in [0.717, 1.165) is 31.9 Å². The molecule has 1 aliphatic rings. The van der Waals surface area contributed by atoms with Gasteiger partial charge in [0, 0.05) is 25.8 Å². The molecule has 18 heavy (non-hydrogen) atoms. The van der Waals surface area contributed by atoms with Gasteiger partial charge >= 0.3 is 0 Å². The van der Waals surface area contributed by atoms with Crippen molar-refractivity contribution in [2.24, 2.45) is 0 Å². The molecule has 0 aromatic carbocycles. The lowest BCUT2D eigenvalue weighted by Gasteiger charge is -2.23. The average molecular weight is 247 g/mol. The van der Waals surface area contributed by atoms with E-state index >= 15 is 0 Å². The Hall–Kier alpha value is -1.66. The van der Waals surface area contributed by atoms with Gasteiger partial charge in [-0.15, -0.1) is 5.10 Å². The summed E-state index contributed by atoms with van der Waals surface area (Å²) in [6.07, 6.45) is 2.11. The largest absolute Gasteiger partial charge is 0.374 e. The Bertz CT molecular complexity index is 532. The molecule has 0 bridgehead atoms. The molecule has 3 heterocycles. The van der Waals surface area contributed by atoms with Crippen molar-refractivity contribution in [3.8, 4) is 0 Å². The zero-order valence-corrected chi connectivity index (χ0v) is 10.4. The summed E-state index contributed by atoms with van der Waals surface area (Å²) >= 11 is 0. The molecular weight excluding hydrogens is 230 g/mol. The van der Waals surface area contributed by atoms with Crippen LogP contribution in [0.15, 0.2) is 18.3 Å². The van der Waals surface area contributed by atoms with Crippen LogP contribution in [0.2, 0.25) is 0 Å². The second-order valence-corrected chi connectivity index (χ2v) is 4.52. The first-order chi connectivity index (χ1) is 8.81. The number of fused-ring (bicyclic) bond motifs is 1. The Labute approximate surface area is 105 Å². The number of nitrogens with one attached hydrogen (secondary N) is 2.